The van der Waals surface area contributed by atoms with E-state index in [0.717, 1.165) is 10.0 Å². The summed E-state index contributed by atoms with van der Waals surface area (Å²) in [6, 6.07) is 5.54. The number of halogens is 1. The lowest BCUT2D eigenvalue weighted by atomic mass is 10.2. The summed E-state index contributed by atoms with van der Waals surface area (Å²) in [5, 5.41) is 12.3. The summed E-state index contributed by atoms with van der Waals surface area (Å²) in [6.07, 6.45) is 0. The molecule has 0 aliphatic rings. The van der Waals surface area contributed by atoms with E-state index < -0.39 is 12.0 Å². The van der Waals surface area contributed by atoms with E-state index in [1.54, 1.807) is 18.7 Å². The van der Waals surface area contributed by atoms with Crippen LogP contribution in [-0.2, 0) is 11.3 Å². The summed E-state index contributed by atoms with van der Waals surface area (Å²) in [5.41, 5.74) is 1.13. The van der Waals surface area contributed by atoms with Crippen LogP contribution in [-0.4, -0.2) is 22.4 Å². The molecular weight excluding hydrogens is 314 g/mol. The van der Waals surface area contributed by atoms with E-state index in [1.807, 2.05) is 12.1 Å². The fourth-order valence-electron chi connectivity index (χ4n) is 1.39. The topological polar surface area (TPSA) is 49.3 Å². The van der Waals surface area contributed by atoms with Gasteiger partial charge in [-0.05, 0) is 24.6 Å². The fourth-order valence-corrected chi connectivity index (χ4v) is 2.90. The molecule has 5 heteroatoms. The van der Waals surface area contributed by atoms with E-state index in [1.165, 1.54) is 4.90 Å². The number of hydrogen-bond acceptors (Lipinski definition) is 3. The van der Waals surface area contributed by atoms with Crippen LogP contribution in [0.1, 0.15) is 26.3 Å². The third-order valence-corrected chi connectivity index (χ3v) is 3.96. The molecule has 1 aromatic rings. The molecule has 0 unspecified atom stereocenters. The molecule has 1 atom stereocenters. The third kappa shape index (κ3) is 5.00. The SMILES string of the molecule is CC(C)Sc1cc(Br)ccc1CN[C@@H](C)C(=O)O. The average molecular weight is 332 g/mol. The number of aliphatic carboxylic acids is 1. The van der Waals surface area contributed by atoms with Crippen molar-refractivity contribution in [1.82, 2.24) is 5.32 Å². The van der Waals surface area contributed by atoms with Crippen LogP contribution in [0.2, 0.25) is 0 Å². The van der Waals surface area contributed by atoms with Crippen LogP contribution < -0.4 is 5.32 Å². The van der Waals surface area contributed by atoms with E-state index >= 15 is 0 Å². The van der Waals surface area contributed by atoms with Crippen molar-refractivity contribution in [1.29, 1.82) is 0 Å². The number of benzene rings is 1. The van der Waals surface area contributed by atoms with Gasteiger partial charge in [0.25, 0.3) is 0 Å². The Balaban J connectivity index is 2.77. The smallest absolute Gasteiger partial charge is 0.320 e. The number of nitrogens with one attached hydrogen (secondary N) is 1. The lowest BCUT2D eigenvalue weighted by Crippen LogP contribution is -2.33. The third-order valence-electron chi connectivity index (χ3n) is 2.36. The maximum absolute atomic E-state index is 10.8. The fraction of sp³-hybridized carbons (Fsp3) is 0.462. The van der Waals surface area contributed by atoms with Gasteiger partial charge in [-0.25, -0.2) is 0 Å². The van der Waals surface area contributed by atoms with Crippen molar-refractivity contribution in [2.24, 2.45) is 0 Å². The van der Waals surface area contributed by atoms with Gasteiger partial charge in [-0.2, -0.15) is 0 Å². The zero-order chi connectivity index (χ0) is 13.7. The Morgan fingerprint density at radius 3 is 2.67 bits per heavy atom. The first-order valence-electron chi connectivity index (χ1n) is 5.81. The normalized spacial score (nSPS) is 12.7. The summed E-state index contributed by atoms with van der Waals surface area (Å²) in [6.45, 7) is 6.50. The van der Waals surface area contributed by atoms with Crippen LogP contribution in [0.15, 0.2) is 27.6 Å². The molecule has 2 N–H and O–H groups in total. The molecule has 0 spiro atoms. The number of thioether (sulfide) groups is 1. The van der Waals surface area contributed by atoms with Gasteiger partial charge >= 0.3 is 5.97 Å². The van der Waals surface area contributed by atoms with Crippen molar-refractivity contribution in [3.05, 3.63) is 28.2 Å². The molecule has 0 aliphatic heterocycles. The Morgan fingerprint density at radius 2 is 2.11 bits per heavy atom. The van der Waals surface area contributed by atoms with Crippen LogP contribution in [0.25, 0.3) is 0 Å². The van der Waals surface area contributed by atoms with Crippen LogP contribution in [0.4, 0.5) is 0 Å². The Kier molecular flexibility index (Phi) is 6.18. The van der Waals surface area contributed by atoms with Gasteiger partial charge in [0.15, 0.2) is 0 Å². The predicted octanol–water partition coefficient (Wildman–Crippen LogP) is 3.51. The molecule has 0 fully saturated rings. The molecule has 0 aromatic heterocycles. The summed E-state index contributed by atoms with van der Waals surface area (Å²) in [4.78, 5) is 11.9. The monoisotopic (exact) mass is 331 g/mol. The summed E-state index contributed by atoms with van der Waals surface area (Å²) in [7, 11) is 0. The molecule has 1 aromatic carbocycles. The zero-order valence-corrected chi connectivity index (χ0v) is 13.1. The number of rotatable bonds is 6. The minimum atomic E-state index is -0.829. The summed E-state index contributed by atoms with van der Waals surface area (Å²) < 4.78 is 1.04. The maximum Gasteiger partial charge on any atom is 0.320 e. The lowest BCUT2D eigenvalue weighted by molar-refractivity contribution is -0.139. The van der Waals surface area contributed by atoms with Crippen molar-refractivity contribution < 1.29 is 9.90 Å². The van der Waals surface area contributed by atoms with Crippen molar-refractivity contribution in [2.45, 2.75) is 43.5 Å². The van der Waals surface area contributed by atoms with Crippen molar-refractivity contribution in [2.75, 3.05) is 0 Å². The van der Waals surface area contributed by atoms with E-state index in [0.29, 0.717) is 11.8 Å². The second-order valence-electron chi connectivity index (χ2n) is 4.36. The number of carboxylic acid groups (broad SMARTS) is 1. The highest BCUT2D eigenvalue weighted by atomic mass is 79.9. The van der Waals surface area contributed by atoms with E-state index in [9.17, 15) is 4.79 Å². The first-order valence-corrected chi connectivity index (χ1v) is 7.48. The maximum atomic E-state index is 10.8. The lowest BCUT2D eigenvalue weighted by Gasteiger charge is -2.14. The van der Waals surface area contributed by atoms with Gasteiger partial charge < -0.3 is 10.4 Å². The van der Waals surface area contributed by atoms with Gasteiger partial charge in [0.2, 0.25) is 0 Å². The molecule has 1 rings (SSSR count). The Labute approximate surface area is 120 Å². The second kappa shape index (κ2) is 7.16. The molecule has 0 radical (unpaired) electrons. The van der Waals surface area contributed by atoms with Gasteiger partial charge in [-0.1, -0.05) is 35.8 Å². The van der Waals surface area contributed by atoms with Gasteiger partial charge in [0.05, 0.1) is 0 Å². The first kappa shape index (κ1) is 15.5. The second-order valence-corrected chi connectivity index (χ2v) is 6.89. The molecule has 18 heavy (non-hydrogen) atoms. The molecule has 0 saturated carbocycles. The van der Waals surface area contributed by atoms with Crippen LogP contribution in [0.5, 0.6) is 0 Å². The zero-order valence-electron chi connectivity index (χ0n) is 10.7. The average Bonchev–Trinajstić information content (AvgIpc) is 2.26. The predicted molar refractivity (Wildman–Crippen MR) is 79.1 cm³/mol. The van der Waals surface area contributed by atoms with Crippen molar-refractivity contribution in [3.63, 3.8) is 0 Å². The van der Waals surface area contributed by atoms with Gasteiger partial charge in [0.1, 0.15) is 6.04 Å². The van der Waals surface area contributed by atoms with Crippen molar-refractivity contribution >= 4 is 33.7 Å². The Morgan fingerprint density at radius 1 is 1.44 bits per heavy atom. The number of carbonyl (C=O) groups is 1. The van der Waals surface area contributed by atoms with Crippen LogP contribution in [0.3, 0.4) is 0 Å². The minimum Gasteiger partial charge on any atom is -0.480 e. The van der Waals surface area contributed by atoms with E-state index in [4.69, 9.17) is 5.11 Å². The minimum absolute atomic E-state index is 0.495. The summed E-state index contributed by atoms with van der Waals surface area (Å²) in [5.74, 6) is -0.829. The van der Waals surface area contributed by atoms with Gasteiger partial charge in [-0.15, -0.1) is 11.8 Å². The largest absolute Gasteiger partial charge is 0.480 e. The molecular formula is C13H18BrNO2S. The molecule has 0 bridgehead atoms. The number of carboxylic acids is 1. The van der Waals surface area contributed by atoms with Crippen LogP contribution >= 0.6 is 27.7 Å². The quantitative estimate of drug-likeness (QED) is 0.783. The van der Waals surface area contributed by atoms with Gasteiger partial charge in [0, 0.05) is 21.2 Å². The molecule has 0 heterocycles. The summed E-state index contributed by atoms with van der Waals surface area (Å²) >= 11 is 5.24. The molecule has 100 valence electrons. The highest BCUT2D eigenvalue weighted by molar-refractivity contribution is 9.10. The molecule has 0 amide bonds. The Hall–Kier alpha value is -0.520. The Bertz CT molecular complexity index is 423. The first-order chi connectivity index (χ1) is 8.40. The molecule has 3 nitrogen and oxygen atoms in total. The molecule has 0 aliphatic carbocycles. The van der Waals surface area contributed by atoms with Crippen molar-refractivity contribution in [3.8, 4) is 0 Å². The van der Waals surface area contributed by atoms with E-state index in [2.05, 4.69) is 41.2 Å². The van der Waals surface area contributed by atoms with Gasteiger partial charge in [-0.3, -0.25) is 4.79 Å². The number of hydrogen-bond donors (Lipinski definition) is 2. The highest BCUT2D eigenvalue weighted by Gasteiger charge is 2.12. The molecule has 0 saturated heterocycles. The van der Waals surface area contributed by atoms with E-state index in [-0.39, 0.29) is 0 Å². The standard InChI is InChI=1S/C13H18BrNO2S/c1-8(2)18-12-6-11(14)5-4-10(12)7-15-9(3)13(16)17/h4-6,8-9,15H,7H2,1-3H3,(H,16,17)/t9-/m0/s1. The van der Waals surface area contributed by atoms with Crippen LogP contribution in [0, 0.1) is 0 Å². The highest BCUT2D eigenvalue weighted by Crippen LogP contribution is 2.29.